The molecule has 0 fully saturated rings. The number of rotatable bonds is 4. The van der Waals surface area contributed by atoms with Crippen LogP contribution < -0.4 is 5.32 Å². The van der Waals surface area contributed by atoms with Gasteiger partial charge in [-0.25, -0.2) is 9.59 Å². The van der Waals surface area contributed by atoms with E-state index in [-0.39, 0.29) is 5.70 Å². The number of aromatic nitrogens is 1. The topological polar surface area (TPSA) is 86.6 Å². The number of benzene rings is 1. The quantitative estimate of drug-likeness (QED) is 0.523. The summed E-state index contributed by atoms with van der Waals surface area (Å²) in [7, 11) is 1.21. The van der Waals surface area contributed by atoms with Crippen LogP contribution in [0.3, 0.4) is 0 Å². The van der Waals surface area contributed by atoms with Crippen molar-refractivity contribution in [1.29, 1.82) is 0 Å². The first-order valence-corrected chi connectivity index (χ1v) is 7.60. The average Bonchev–Trinajstić information content (AvgIpc) is 2.90. The zero-order valence-electron chi connectivity index (χ0n) is 14.5. The van der Waals surface area contributed by atoms with Crippen molar-refractivity contribution in [2.24, 2.45) is 0 Å². The van der Waals surface area contributed by atoms with E-state index in [0.29, 0.717) is 11.1 Å². The van der Waals surface area contributed by atoms with Gasteiger partial charge in [0.15, 0.2) is 6.29 Å². The molecule has 0 radical (unpaired) electrons. The largest absolute Gasteiger partial charge is 0.464 e. The molecule has 1 aromatic carbocycles. The van der Waals surface area contributed by atoms with Crippen molar-refractivity contribution in [2.75, 3.05) is 7.11 Å². The van der Waals surface area contributed by atoms with E-state index in [1.54, 1.807) is 49.7 Å². The summed E-state index contributed by atoms with van der Waals surface area (Å²) in [6, 6.07) is 7.20. The van der Waals surface area contributed by atoms with Gasteiger partial charge in [0.1, 0.15) is 11.3 Å². The number of aldehydes is 1. The van der Waals surface area contributed by atoms with Gasteiger partial charge in [0.05, 0.1) is 12.6 Å². The molecule has 0 aliphatic rings. The summed E-state index contributed by atoms with van der Waals surface area (Å²) in [5, 5.41) is 3.11. The highest BCUT2D eigenvalue weighted by Gasteiger charge is 2.20. The van der Waals surface area contributed by atoms with Crippen LogP contribution in [0, 0.1) is 0 Å². The highest BCUT2D eigenvalue weighted by molar-refractivity contribution is 6.00. The predicted molar refractivity (Wildman–Crippen MR) is 93.0 cm³/mol. The van der Waals surface area contributed by atoms with Crippen molar-refractivity contribution in [2.45, 2.75) is 26.4 Å². The van der Waals surface area contributed by atoms with E-state index in [1.807, 2.05) is 6.07 Å². The van der Waals surface area contributed by atoms with Crippen molar-refractivity contribution in [3.05, 3.63) is 41.7 Å². The van der Waals surface area contributed by atoms with Crippen LogP contribution in [0.25, 0.3) is 17.1 Å². The zero-order valence-corrected chi connectivity index (χ0v) is 14.5. The van der Waals surface area contributed by atoms with Crippen molar-refractivity contribution in [3.63, 3.8) is 0 Å². The van der Waals surface area contributed by atoms with E-state index in [4.69, 9.17) is 9.47 Å². The molecule has 7 nitrogen and oxygen atoms in total. The lowest BCUT2D eigenvalue weighted by Crippen LogP contribution is -2.34. The van der Waals surface area contributed by atoms with Gasteiger partial charge in [-0.1, -0.05) is 18.2 Å². The molecule has 0 unspecified atom stereocenters. The van der Waals surface area contributed by atoms with Crippen LogP contribution in [0.2, 0.25) is 0 Å². The van der Waals surface area contributed by atoms with Crippen molar-refractivity contribution in [3.8, 4) is 0 Å². The fraction of sp³-hybridized carbons (Fsp3) is 0.278. The number of nitrogens with zero attached hydrogens (tertiary/aromatic N) is 1. The Morgan fingerprint density at radius 3 is 2.48 bits per heavy atom. The van der Waals surface area contributed by atoms with Gasteiger partial charge in [0.25, 0.3) is 0 Å². The highest BCUT2D eigenvalue weighted by atomic mass is 16.6. The van der Waals surface area contributed by atoms with Crippen LogP contribution in [-0.4, -0.2) is 35.6 Å². The minimum atomic E-state index is -0.781. The molecule has 2 rings (SSSR count). The fourth-order valence-corrected chi connectivity index (χ4v) is 2.23. The Morgan fingerprint density at radius 2 is 1.88 bits per heavy atom. The van der Waals surface area contributed by atoms with E-state index in [0.717, 1.165) is 11.7 Å². The fourth-order valence-electron chi connectivity index (χ4n) is 2.23. The number of hydrogen-bond donors (Lipinski definition) is 1. The maximum atomic E-state index is 12.0. The second kappa shape index (κ2) is 7.21. The molecule has 0 atom stereocenters. The molecule has 0 aliphatic heterocycles. The monoisotopic (exact) mass is 344 g/mol. The third kappa shape index (κ3) is 4.47. The molecule has 7 heteroatoms. The first-order valence-electron chi connectivity index (χ1n) is 7.60. The van der Waals surface area contributed by atoms with Crippen LogP contribution in [0.15, 0.2) is 36.2 Å². The van der Waals surface area contributed by atoms with E-state index >= 15 is 0 Å². The summed E-state index contributed by atoms with van der Waals surface area (Å²) in [5.41, 5.74) is 0.344. The lowest BCUT2D eigenvalue weighted by Gasteiger charge is -2.20. The molecule has 0 aliphatic carbocycles. The number of esters is 1. The number of carbonyl (C=O) groups excluding carboxylic acids is 3. The number of para-hydroxylation sites is 1. The van der Waals surface area contributed by atoms with Gasteiger partial charge in [0.2, 0.25) is 0 Å². The average molecular weight is 344 g/mol. The minimum absolute atomic E-state index is 0.116. The zero-order chi connectivity index (χ0) is 18.6. The molecule has 132 valence electrons. The molecule has 1 heterocycles. The van der Waals surface area contributed by atoms with Gasteiger partial charge in [-0.2, -0.15) is 0 Å². The van der Waals surface area contributed by atoms with Gasteiger partial charge in [-0.3, -0.25) is 10.1 Å². The summed E-state index contributed by atoms with van der Waals surface area (Å²) >= 11 is 0. The van der Waals surface area contributed by atoms with Gasteiger partial charge in [0, 0.05) is 23.3 Å². The second-order valence-corrected chi connectivity index (χ2v) is 6.29. The molecular weight excluding hydrogens is 324 g/mol. The van der Waals surface area contributed by atoms with Crippen LogP contribution in [0.5, 0.6) is 0 Å². The van der Waals surface area contributed by atoms with Crippen LogP contribution in [0.1, 0.15) is 31.1 Å². The summed E-state index contributed by atoms with van der Waals surface area (Å²) in [6.45, 7) is 5.14. The van der Waals surface area contributed by atoms with Gasteiger partial charge in [-0.15, -0.1) is 0 Å². The molecular formula is C18H20N2O5. The van der Waals surface area contributed by atoms with E-state index in [9.17, 15) is 14.4 Å². The maximum Gasteiger partial charge on any atom is 0.412 e. The first-order chi connectivity index (χ1) is 11.7. The Hall–Kier alpha value is -3.09. The molecule has 2 aromatic rings. The van der Waals surface area contributed by atoms with Crippen molar-refractivity contribution < 1.29 is 23.9 Å². The van der Waals surface area contributed by atoms with Crippen molar-refractivity contribution in [1.82, 2.24) is 9.88 Å². The summed E-state index contributed by atoms with van der Waals surface area (Å²) in [5.74, 6) is -0.740. The molecule has 1 N–H and O–H groups in total. The Balaban J connectivity index is 2.43. The Bertz CT molecular complexity index is 843. The third-order valence-electron chi connectivity index (χ3n) is 3.21. The van der Waals surface area contributed by atoms with Crippen molar-refractivity contribution >= 4 is 35.5 Å². The number of alkyl carbamates (subject to hydrolysis) is 1. The second-order valence-electron chi connectivity index (χ2n) is 6.29. The van der Waals surface area contributed by atoms with E-state index in [2.05, 4.69) is 5.32 Å². The number of methoxy groups -OCH3 is 1. The lowest BCUT2D eigenvalue weighted by atomic mass is 10.2. The van der Waals surface area contributed by atoms with Gasteiger partial charge in [-0.05, 0) is 26.8 Å². The molecule has 25 heavy (non-hydrogen) atoms. The number of nitrogens with one attached hydrogen (secondary N) is 1. The molecule has 0 spiro atoms. The first kappa shape index (κ1) is 18.3. The SMILES string of the molecule is COC(=O)/C(=C\n1cc(C=O)c2ccccc21)NC(=O)OC(C)(C)C. The Labute approximate surface area is 145 Å². The summed E-state index contributed by atoms with van der Waals surface area (Å²) in [6.07, 6.45) is 2.89. The van der Waals surface area contributed by atoms with Gasteiger partial charge >= 0.3 is 12.1 Å². The van der Waals surface area contributed by atoms with E-state index < -0.39 is 17.7 Å². The smallest absolute Gasteiger partial charge is 0.412 e. The molecule has 0 saturated carbocycles. The molecule has 0 saturated heterocycles. The number of hydrogen-bond acceptors (Lipinski definition) is 5. The number of amides is 1. The minimum Gasteiger partial charge on any atom is -0.464 e. The number of carbonyl (C=O) groups is 3. The molecule has 0 bridgehead atoms. The molecule has 1 amide bonds. The normalized spacial score (nSPS) is 11.9. The van der Waals surface area contributed by atoms with Crippen LogP contribution in [-0.2, 0) is 14.3 Å². The maximum absolute atomic E-state index is 12.0. The van der Waals surface area contributed by atoms with Gasteiger partial charge < -0.3 is 14.0 Å². The number of ether oxygens (including phenoxy) is 2. The standard InChI is InChI=1S/C18H20N2O5/c1-18(2,3)25-17(23)19-14(16(22)24-4)10-20-9-12(11-21)13-7-5-6-8-15(13)20/h5-11H,1-4H3,(H,19,23)/b14-10+. The summed E-state index contributed by atoms with van der Waals surface area (Å²) < 4.78 is 11.4. The molecule has 1 aromatic heterocycles. The predicted octanol–water partition coefficient (Wildman–Crippen LogP) is 2.95. The highest BCUT2D eigenvalue weighted by Crippen LogP contribution is 2.21. The Kier molecular flexibility index (Phi) is 5.26. The van der Waals surface area contributed by atoms with Crippen LogP contribution >= 0.6 is 0 Å². The summed E-state index contributed by atoms with van der Waals surface area (Å²) in [4.78, 5) is 35.2. The Morgan fingerprint density at radius 1 is 1.20 bits per heavy atom. The number of fused-ring (bicyclic) bond motifs is 1. The van der Waals surface area contributed by atoms with Crippen LogP contribution in [0.4, 0.5) is 4.79 Å². The van der Waals surface area contributed by atoms with E-state index in [1.165, 1.54) is 13.3 Å². The lowest BCUT2D eigenvalue weighted by molar-refractivity contribution is -0.136. The third-order valence-corrected chi connectivity index (χ3v) is 3.21.